The molecule has 3 heterocycles. The standard InChI is InChI=1S/C43H26N2OS/c1-3-9-27(10-4-1)30-17-21-36-34(25-30)35-26-31(28-11-5-2-6-12-28)18-22-37(35)45(36)32-19-15-29(16-20-32)43-44-42-40(47-43)24-23-39-41(42)33-13-7-8-14-38(33)46-39/h1-26H. The second kappa shape index (κ2) is 10.3. The summed E-state index contributed by atoms with van der Waals surface area (Å²) in [5.41, 5.74) is 12.2. The van der Waals surface area contributed by atoms with Gasteiger partial charge in [-0.25, -0.2) is 4.98 Å². The minimum atomic E-state index is 0.878. The Morgan fingerprint density at radius 3 is 1.72 bits per heavy atom. The Kier molecular flexibility index (Phi) is 5.74. The van der Waals surface area contributed by atoms with Crippen LogP contribution in [-0.2, 0) is 0 Å². The van der Waals surface area contributed by atoms with Gasteiger partial charge in [-0.05, 0) is 89.0 Å². The third-order valence-corrected chi connectivity index (χ3v) is 10.3. The van der Waals surface area contributed by atoms with Crippen LogP contribution in [0.15, 0.2) is 162 Å². The molecule has 0 amide bonds. The molecule has 0 radical (unpaired) electrons. The molecule has 10 aromatic rings. The van der Waals surface area contributed by atoms with Crippen molar-refractivity contribution in [1.82, 2.24) is 9.55 Å². The third kappa shape index (κ3) is 4.16. The maximum absolute atomic E-state index is 6.13. The van der Waals surface area contributed by atoms with E-state index in [1.54, 1.807) is 11.3 Å². The van der Waals surface area contributed by atoms with Gasteiger partial charge in [0, 0.05) is 27.4 Å². The zero-order valence-corrected chi connectivity index (χ0v) is 26.0. The molecule has 0 bridgehead atoms. The van der Waals surface area contributed by atoms with Crippen LogP contribution < -0.4 is 0 Å². The SMILES string of the molecule is c1ccc(-c2ccc3c(c2)c2cc(-c4ccccc4)ccc2n3-c2ccc(-c3nc4c(ccc5oc6ccccc6c54)s3)cc2)cc1. The Hall–Kier alpha value is -5.97. The summed E-state index contributed by atoms with van der Waals surface area (Å²) >= 11 is 1.73. The van der Waals surface area contributed by atoms with Crippen molar-refractivity contribution in [2.75, 3.05) is 0 Å². The summed E-state index contributed by atoms with van der Waals surface area (Å²) in [7, 11) is 0. The van der Waals surface area contributed by atoms with Crippen molar-refractivity contribution in [2.45, 2.75) is 0 Å². The molecule has 0 aliphatic heterocycles. The molecule has 0 unspecified atom stereocenters. The molecule has 0 spiro atoms. The molecule has 3 aromatic heterocycles. The Labute approximate surface area is 274 Å². The van der Waals surface area contributed by atoms with Crippen LogP contribution >= 0.6 is 11.3 Å². The Bertz CT molecular complexity index is 2670. The Balaban J connectivity index is 1.12. The molecule has 0 saturated heterocycles. The fourth-order valence-electron chi connectivity index (χ4n) is 7.00. The van der Waals surface area contributed by atoms with E-state index < -0.39 is 0 Å². The molecule has 7 aromatic carbocycles. The molecule has 0 saturated carbocycles. The van der Waals surface area contributed by atoms with Crippen LogP contribution in [0.4, 0.5) is 0 Å². The van der Waals surface area contributed by atoms with E-state index in [1.807, 2.05) is 12.1 Å². The van der Waals surface area contributed by atoms with Gasteiger partial charge in [-0.1, -0.05) is 91.0 Å². The van der Waals surface area contributed by atoms with Gasteiger partial charge in [0.05, 0.1) is 26.6 Å². The van der Waals surface area contributed by atoms with Crippen molar-refractivity contribution in [3.63, 3.8) is 0 Å². The number of hydrogen-bond acceptors (Lipinski definition) is 3. The summed E-state index contributed by atoms with van der Waals surface area (Å²) < 4.78 is 9.68. The highest BCUT2D eigenvalue weighted by atomic mass is 32.1. The van der Waals surface area contributed by atoms with Gasteiger partial charge in [-0.2, -0.15) is 0 Å². The lowest BCUT2D eigenvalue weighted by molar-refractivity contribution is 0.669. The Morgan fingerprint density at radius 2 is 1.06 bits per heavy atom. The first-order valence-corrected chi connectivity index (χ1v) is 16.6. The van der Waals surface area contributed by atoms with Gasteiger partial charge in [0.25, 0.3) is 0 Å². The van der Waals surface area contributed by atoms with Crippen LogP contribution in [0.2, 0.25) is 0 Å². The molecule has 220 valence electrons. The molecule has 10 rings (SSSR count). The summed E-state index contributed by atoms with van der Waals surface area (Å²) in [6.45, 7) is 0. The van der Waals surface area contributed by atoms with Crippen molar-refractivity contribution < 1.29 is 4.42 Å². The molecule has 0 N–H and O–H groups in total. The number of benzene rings is 7. The normalized spacial score (nSPS) is 11.8. The van der Waals surface area contributed by atoms with Crippen LogP contribution in [0.1, 0.15) is 0 Å². The molecule has 0 aliphatic carbocycles. The highest BCUT2D eigenvalue weighted by Gasteiger charge is 2.17. The summed E-state index contributed by atoms with van der Waals surface area (Å²) in [6.07, 6.45) is 0. The second-order valence-electron chi connectivity index (χ2n) is 12.0. The van der Waals surface area contributed by atoms with Gasteiger partial charge in [0.1, 0.15) is 16.2 Å². The molecule has 3 nitrogen and oxygen atoms in total. The first-order chi connectivity index (χ1) is 23.3. The average Bonchev–Trinajstić information content (AvgIpc) is 3.83. The van der Waals surface area contributed by atoms with Crippen LogP contribution in [0.5, 0.6) is 0 Å². The number of fused-ring (bicyclic) bond motifs is 8. The van der Waals surface area contributed by atoms with Gasteiger partial charge in [-0.15, -0.1) is 11.3 Å². The first kappa shape index (κ1) is 26.3. The van der Waals surface area contributed by atoms with E-state index in [0.29, 0.717) is 0 Å². The van der Waals surface area contributed by atoms with Gasteiger partial charge in [0.2, 0.25) is 0 Å². The molecular formula is C43H26N2OS. The van der Waals surface area contributed by atoms with Gasteiger partial charge < -0.3 is 8.98 Å². The van der Waals surface area contributed by atoms with E-state index in [2.05, 4.69) is 150 Å². The number of hydrogen-bond donors (Lipinski definition) is 0. The maximum Gasteiger partial charge on any atom is 0.137 e. The van der Waals surface area contributed by atoms with Crippen molar-refractivity contribution in [1.29, 1.82) is 0 Å². The number of furan rings is 1. The predicted molar refractivity (Wildman–Crippen MR) is 198 cm³/mol. The predicted octanol–water partition coefficient (Wildman–Crippen LogP) is 12.3. The monoisotopic (exact) mass is 618 g/mol. The van der Waals surface area contributed by atoms with Crippen molar-refractivity contribution in [3.05, 3.63) is 158 Å². The number of aromatic nitrogens is 2. The average molecular weight is 619 g/mol. The van der Waals surface area contributed by atoms with E-state index >= 15 is 0 Å². The summed E-state index contributed by atoms with van der Waals surface area (Å²) in [5, 5.41) is 5.69. The van der Waals surface area contributed by atoms with Crippen LogP contribution in [0.25, 0.3) is 92.5 Å². The zero-order chi connectivity index (χ0) is 30.9. The quantitative estimate of drug-likeness (QED) is 0.196. The Morgan fingerprint density at radius 1 is 0.468 bits per heavy atom. The minimum Gasteiger partial charge on any atom is -0.456 e. The number of thiazole rings is 1. The molecule has 47 heavy (non-hydrogen) atoms. The molecule has 0 aliphatic rings. The van der Waals surface area contributed by atoms with E-state index in [-0.39, 0.29) is 0 Å². The van der Waals surface area contributed by atoms with Crippen molar-refractivity contribution >= 4 is 65.3 Å². The van der Waals surface area contributed by atoms with Gasteiger partial charge >= 0.3 is 0 Å². The number of nitrogens with zero attached hydrogens (tertiary/aromatic N) is 2. The topological polar surface area (TPSA) is 31.0 Å². The number of rotatable bonds is 4. The van der Waals surface area contributed by atoms with Gasteiger partial charge in [0.15, 0.2) is 0 Å². The van der Waals surface area contributed by atoms with Gasteiger partial charge in [-0.3, -0.25) is 0 Å². The fraction of sp³-hybridized carbons (Fsp3) is 0. The van der Waals surface area contributed by atoms with Crippen LogP contribution in [0, 0.1) is 0 Å². The lowest BCUT2D eigenvalue weighted by Gasteiger charge is -2.09. The molecule has 0 atom stereocenters. The van der Waals surface area contributed by atoms with Crippen LogP contribution in [0.3, 0.4) is 0 Å². The summed E-state index contributed by atoms with van der Waals surface area (Å²) in [4.78, 5) is 5.15. The van der Waals surface area contributed by atoms with Crippen LogP contribution in [-0.4, -0.2) is 9.55 Å². The number of para-hydroxylation sites is 1. The summed E-state index contributed by atoms with van der Waals surface area (Å²) in [6, 6.07) is 56.2. The smallest absolute Gasteiger partial charge is 0.137 e. The van der Waals surface area contributed by atoms with Crippen molar-refractivity contribution in [2.24, 2.45) is 0 Å². The molecule has 0 fully saturated rings. The summed E-state index contributed by atoms with van der Waals surface area (Å²) in [5.74, 6) is 0. The fourth-order valence-corrected chi connectivity index (χ4v) is 7.98. The highest BCUT2D eigenvalue weighted by molar-refractivity contribution is 7.21. The van der Waals surface area contributed by atoms with E-state index in [4.69, 9.17) is 9.40 Å². The maximum atomic E-state index is 6.13. The lowest BCUT2D eigenvalue weighted by atomic mass is 10.0. The largest absolute Gasteiger partial charge is 0.456 e. The van der Waals surface area contributed by atoms with E-state index in [9.17, 15) is 0 Å². The highest BCUT2D eigenvalue weighted by Crippen LogP contribution is 2.40. The third-order valence-electron chi connectivity index (χ3n) is 9.25. The van der Waals surface area contributed by atoms with E-state index in [0.717, 1.165) is 48.4 Å². The lowest BCUT2D eigenvalue weighted by Crippen LogP contribution is -1.94. The van der Waals surface area contributed by atoms with Crippen molar-refractivity contribution in [3.8, 4) is 38.5 Å². The molecule has 4 heteroatoms. The van der Waals surface area contributed by atoms with E-state index in [1.165, 1.54) is 44.1 Å². The second-order valence-corrected chi connectivity index (χ2v) is 13.0. The molecular weight excluding hydrogens is 593 g/mol. The first-order valence-electron chi connectivity index (χ1n) is 15.8. The zero-order valence-electron chi connectivity index (χ0n) is 25.2. The minimum absolute atomic E-state index is 0.878.